The SMILES string of the molecule is CCc1nncn1CCNC(=NCCc1ccccc1F)NC1CCCCC1. The molecule has 0 bridgehead atoms. The highest BCUT2D eigenvalue weighted by atomic mass is 19.1. The lowest BCUT2D eigenvalue weighted by atomic mass is 9.96. The zero-order chi connectivity index (χ0) is 19.6. The monoisotopic (exact) mass is 386 g/mol. The summed E-state index contributed by atoms with van der Waals surface area (Å²) in [5.41, 5.74) is 0.709. The van der Waals surface area contributed by atoms with Crippen molar-refractivity contribution in [1.82, 2.24) is 25.4 Å². The van der Waals surface area contributed by atoms with Crippen LogP contribution in [0.5, 0.6) is 0 Å². The van der Waals surface area contributed by atoms with Gasteiger partial charge < -0.3 is 15.2 Å². The van der Waals surface area contributed by atoms with E-state index in [0.717, 1.165) is 31.3 Å². The third kappa shape index (κ3) is 6.04. The number of aromatic nitrogens is 3. The number of benzene rings is 1. The number of nitrogens with zero attached hydrogens (tertiary/aromatic N) is 4. The number of hydrogen-bond acceptors (Lipinski definition) is 3. The van der Waals surface area contributed by atoms with E-state index in [2.05, 4.69) is 32.3 Å². The van der Waals surface area contributed by atoms with E-state index in [1.54, 1.807) is 12.4 Å². The van der Waals surface area contributed by atoms with E-state index < -0.39 is 0 Å². The van der Waals surface area contributed by atoms with Crippen LogP contribution in [0.1, 0.15) is 50.4 Å². The fraction of sp³-hybridized carbons (Fsp3) is 0.571. The number of halogens is 1. The summed E-state index contributed by atoms with van der Waals surface area (Å²) >= 11 is 0. The molecule has 1 saturated carbocycles. The van der Waals surface area contributed by atoms with Crippen LogP contribution >= 0.6 is 0 Å². The van der Waals surface area contributed by atoms with Crippen LogP contribution in [0.2, 0.25) is 0 Å². The summed E-state index contributed by atoms with van der Waals surface area (Å²) in [4.78, 5) is 4.70. The van der Waals surface area contributed by atoms with E-state index in [4.69, 9.17) is 4.99 Å². The van der Waals surface area contributed by atoms with Gasteiger partial charge in [0.2, 0.25) is 0 Å². The fourth-order valence-electron chi connectivity index (χ4n) is 3.62. The van der Waals surface area contributed by atoms with Crippen molar-refractivity contribution < 1.29 is 4.39 Å². The summed E-state index contributed by atoms with van der Waals surface area (Å²) in [5.74, 6) is 1.64. The molecular formula is C21H31FN6. The van der Waals surface area contributed by atoms with Crippen LogP contribution in [-0.2, 0) is 19.4 Å². The molecule has 1 aliphatic rings. The normalized spacial score (nSPS) is 15.6. The molecule has 1 heterocycles. The summed E-state index contributed by atoms with van der Waals surface area (Å²) in [7, 11) is 0. The minimum absolute atomic E-state index is 0.160. The van der Waals surface area contributed by atoms with E-state index in [1.165, 1.54) is 38.2 Å². The highest BCUT2D eigenvalue weighted by Crippen LogP contribution is 2.17. The number of aryl methyl sites for hydroxylation is 1. The lowest BCUT2D eigenvalue weighted by Crippen LogP contribution is -2.45. The molecule has 1 aromatic carbocycles. The Morgan fingerprint density at radius 2 is 2.07 bits per heavy atom. The Morgan fingerprint density at radius 1 is 1.25 bits per heavy atom. The Bertz CT molecular complexity index is 751. The van der Waals surface area contributed by atoms with Crippen LogP contribution in [0.3, 0.4) is 0 Å². The van der Waals surface area contributed by atoms with Crippen molar-refractivity contribution in [2.45, 2.75) is 64.5 Å². The van der Waals surface area contributed by atoms with Crippen molar-refractivity contribution in [1.29, 1.82) is 0 Å². The molecule has 2 aromatic rings. The van der Waals surface area contributed by atoms with Crippen molar-refractivity contribution in [3.05, 3.63) is 47.8 Å². The standard InChI is InChI=1S/C21H31FN6/c1-2-20-27-25-16-28(20)15-14-24-21(26-18-9-4-3-5-10-18)23-13-12-17-8-6-7-11-19(17)22/h6-8,11,16,18H,2-5,9-10,12-15H2,1H3,(H2,23,24,26). The maximum absolute atomic E-state index is 13.8. The van der Waals surface area contributed by atoms with E-state index in [1.807, 2.05) is 12.1 Å². The Kier molecular flexibility index (Phi) is 7.82. The predicted octanol–water partition coefficient (Wildman–Crippen LogP) is 3.09. The second-order valence-electron chi connectivity index (χ2n) is 7.27. The number of guanidine groups is 1. The first kappa shape index (κ1) is 20.3. The first-order valence-corrected chi connectivity index (χ1v) is 10.4. The first-order valence-electron chi connectivity index (χ1n) is 10.4. The average Bonchev–Trinajstić information content (AvgIpc) is 3.17. The molecule has 0 aliphatic heterocycles. The molecule has 6 nitrogen and oxygen atoms in total. The van der Waals surface area contributed by atoms with Gasteiger partial charge in [-0.25, -0.2) is 4.39 Å². The van der Waals surface area contributed by atoms with Crippen LogP contribution in [0.4, 0.5) is 4.39 Å². The van der Waals surface area contributed by atoms with Crippen molar-refractivity contribution in [2.24, 2.45) is 4.99 Å². The van der Waals surface area contributed by atoms with Crippen molar-refractivity contribution in [2.75, 3.05) is 13.1 Å². The van der Waals surface area contributed by atoms with Gasteiger partial charge in [0.15, 0.2) is 5.96 Å². The van der Waals surface area contributed by atoms with E-state index in [0.29, 0.717) is 24.6 Å². The number of rotatable bonds is 8. The van der Waals surface area contributed by atoms with E-state index in [-0.39, 0.29) is 5.82 Å². The van der Waals surface area contributed by atoms with Gasteiger partial charge in [-0.15, -0.1) is 10.2 Å². The minimum atomic E-state index is -0.160. The molecule has 0 amide bonds. The number of hydrogen-bond donors (Lipinski definition) is 2. The summed E-state index contributed by atoms with van der Waals surface area (Å²) in [6, 6.07) is 7.38. The largest absolute Gasteiger partial charge is 0.355 e. The Morgan fingerprint density at radius 3 is 2.86 bits per heavy atom. The molecule has 0 spiro atoms. The summed E-state index contributed by atoms with van der Waals surface area (Å²) in [6.07, 6.45) is 9.43. The molecule has 152 valence electrons. The second kappa shape index (κ2) is 10.8. The van der Waals surface area contributed by atoms with Crippen LogP contribution in [0.15, 0.2) is 35.6 Å². The molecule has 1 aliphatic carbocycles. The topological polar surface area (TPSA) is 67.1 Å². The Hall–Kier alpha value is -2.44. The Balaban J connectivity index is 1.56. The summed E-state index contributed by atoms with van der Waals surface area (Å²) in [5, 5.41) is 15.1. The van der Waals surface area contributed by atoms with Crippen LogP contribution in [0, 0.1) is 5.82 Å². The van der Waals surface area contributed by atoms with Crippen LogP contribution in [0.25, 0.3) is 0 Å². The molecule has 28 heavy (non-hydrogen) atoms. The van der Waals surface area contributed by atoms with Gasteiger partial charge in [-0.1, -0.05) is 44.4 Å². The molecule has 0 saturated heterocycles. The molecule has 3 rings (SSSR count). The molecular weight excluding hydrogens is 355 g/mol. The van der Waals surface area contributed by atoms with Crippen LogP contribution in [-0.4, -0.2) is 39.9 Å². The zero-order valence-electron chi connectivity index (χ0n) is 16.7. The van der Waals surface area contributed by atoms with Gasteiger partial charge in [0.05, 0.1) is 0 Å². The van der Waals surface area contributed by atoms with Gasteiger partial charge in [-0.3, -0.25) is 4.99 Å². The van der Waals surface area contributed by atoms with Crippen molar-refractivity contribution in [3.8, 4) is 0 Å². The maximum Gasteiger partial charge on any atom is 0.191 e. The maximum atomic E-state index is 13.8. The van der Waals surface area contributed by atoms with Crippen LogP contribution < -0.4 is 10.6 Å². The quantitative estimate of drug-likeness (QED) is 0.540. The van der Waals surface area contributed by atoms with Crippen molar-refractivity contribution in [3.63, 3.8) is 0 Å². The van der Waals surface area contributed by atoms with Gasteiger partial charge in [-0.05, 0) is 30.9 Å². The second-order valence-corrected chi connectivity index (χ2v) is 7.27. The molecule has 2 N–H and O–H groups in total. The fourth-order valence-corrected chi connectivity index (χ4v) is 3.62. The molecule has 0 unspecified atom stereocenters. The molecule has 0 radical (unpaired) electrons. The lowest BCUT2D eigenvalue weighted by Gasteiger charge is -2.25. The molecule has 1 aromatic heterocycles. The third-order valence-electron chi connectivity index (χ3n) is 5.21. The molecule has 1 fully saturated rings. The first-order chi connectivity index (χ1) is 13.8. The minimum Gasteiger partial charge on any atom is -0.355 e. The number of aliphatic imine (C=N–C) groups is 1. The summed E-state index contributed by atoms with van der Waals surface area (Å²) < 4.78 is 15.9. The van der Waals surface area contributed by atoms with E-state index in [9.17, 15) is 4.39 Å². The highest BCUT2D eigenvalue weighted by molar-refractivity contribution is 5.80. The summed E-state index contributed by atoms with van der Waals surface area (Å²) in [6.45, 7) is 4.15. The van der Waals surface area contributed by atoms with Gasteiger partial charge in [0, 0.05) is 32.1 Å². The predicted molar refractivity (Wildman–Crippen MR) is 110 cm³/mol. The molecule has 0 atom stereocenters. The van der Waals surface area contributed by atoms with Gasteiger partial charge in [0.1, 0.15) is 18.0 Å². The zero-order valence-corrected chi connectivity index (χ0v) is 16.7. The van der Waals surface area contributed by atoms with Gasteiger partial charge in [0.25, 0.3) is 0 Å². The number of nitrogens with one attached hydrogen (secondary N) is 2. The third-order valence-corrected chi connectivity index (χ3v) is 5.21. The van der Waals surface area contributed by atoms with Gasteiger partial charge >= 0.3 is 0 Å². The smallest absolute Gasteiger partial charge is 0.191 e. The van der Waals surface area contributed by atoms with E-state index >= 15 is 0 Å². The van der Waals surface area contributed by atoms with Gasteiger partial charge in [-0.2, -0.15) is 0 Å². The Labute approximate surface area is 166 Å². The molecule has 7 heteroatoms. The highest BCUT2D eigenvalue weighted by Gasteiger charge is 2.14. The average molecular weight is 387 g/mol. The van der Waals surface area contributed by atoms with Crippen molar-refractivity contribution >= 4 is 5.96 Å². The lowest BCUT2D eigenvalue weighted by molar-refractivity contribution is 0.409.